The number of hydrogen-bond acceptors (Lipinski definition) is 4. The molecule has 0 fully saturated rings. The first kappa shape index (κ1) is 21.9. The molecule has 1 aromatic heterocycles. The maximum Gasteiger partial charge on any atom is 0.277 e. The van der Waals surface area contributed by atoms with Gasteiger partial charge in [0.25, 0.3) is 11.8 Å². The van der Waals surface area contributed by atoms with Crippen LogP contribution in [0.3, 0.4) is 0 Å². The van der Waals surface area contributed by atoms with Crippen molar-refractivity contribution in [3.63, 3.8) is 0 Å². The molecule has 7 heteroatoms. The first-order valence-electron chi connectivity index (χ1n) is 9.52. The second kappa shape index (κ2) is 10.8. The van der Waals surface area contributed by atoms with Gasteiger partial charge >= 0.3 is 0 Å². The van der Waals surface area contributed by atoms with E-state index in [1.807, 2.05) is 62.6 Å². The Morgan fingerprint density at radius 3 is 2.36 bits per heavy atom. The van der Waals surface area contributed by atoms with Crippen molar-refractivity contribution in [2.45, 2.75) is 20.0 Å². The molecule has 1 unspecified atom stereocenters. The number of quaternary nitrogens is 1. The average molecular weight is 404 g/mol. The van der Waals surface area contributed by atoms with Gasteiger partial charge in [-0.05, 0) is 36.1 Å². The highest BCUT2D eigenvalue weighted by molar-refractivity contribution is 7.09. The summed E-state index contributed by atoms with van der Waals surface area (Å²) in [5.41, 5.74) is 2.22. The second-order valence-electron chi connectivity index (χ2n) is 7.12. The van der Waals surface area contributed by atoms with Gasteiger partial charge in [0, 0.05) is 38.3 Å². The van der Waals surface area contributed by atoms with Gasteiger partial charge in [0.2, 0.25) is 0 Å². The zero-order chi connectivity index (χ0) is 20.5. The molecule has 0 spiro atoms. The molecule has 0 saturated heterocycles. The quantitative estimate of drug-likeness (QED) is 0.622. The molecule has 0 aliphatic rings. The van der Waals surface area contributed by atoms with Gasteiger partial charge in [-0.1, -0.05) is 18.2 Å². The van der Waals surface area contributed by atoms with E-state index in [9.17, 15) is 9.59 Å². The molecule has 2 rings (SSSR count). The van der Waals surface area contributed by atoms with Crippen molar-refractivity contribution in [1.82, 2.24) is 10.2 Å². The van der Waals surface area contributed by atoms with Gasteiger partial charge in [0.1, 0.15) is 0 Å². The van der Waals surface area contributed by atoms with Crippen LogP contribution in [0.25, 0.3) is 0 Å². The van der Waals surface area contributed by atoms with Crippen LogP contribution in [0, 0.1) is 0 Å². The molecule has 1 aromatic carbocycles. The summed E-state index contributed by atoms with van der Waals surface area (Å²) in [6.07, 6.45) is 0. The van der Waals surface area contributed by atoms with Gasteiger partial charge in [-0.15, -0.1) is 11.3 Å². The number of thiophene rings is 1. The van der Waals surface area contributed by atoms with Crippen molar-refractivity contribution in [1.29, 1.82) is 0 Å². The zero-order valence-electron chi connectivity index (χ0n) is 17.2. The smallest absolute Gasteiger partial charge is 0.277 e. The van der Waals surface area contributed by atoms with Crippen LogP contribution in [-0.2, 0) is 22.7 Å². The Labute approximate surface area is 171 Å². The highest BCUT2D eigenvalue weighted by Crippen LogP contribution is 2.13. The Bertz CT molecular complexity index is 744. The lowest BCUT2D eigenvalue weighted by molar-refractivity contribution is -0.882. The van der Waals surface area contributed by atoms with Crippen LogP contribution in [0.2, 0.25) is 0 Å². The molecule has 0 radical (unpaired) electrons. The zero-order valence-corrected chi connectivity index (χ0v) is 18.0. The predicted molar refractivity (Wildman–Crippen MR) is 115 cm³/mol. The van der Waals surface area contributed by atoms with E-state index in [4.69, 9.17) is 0 Å². The summed E-state index contributed by atoms with van der Waals surface area (Å²) in [5.74, 6) is 0.0135. The highest BCUT2D eigenvalue weighted by Gasteiger charge is 2.19. The number of anilines is 1. The molecule has 1 atom stereocenters. The fourth-order valence-electron chi connectivity index (χ4n) is 2.81. The number of nitrogens with zero attached hydrogens (tertiary/aromatic N) is 2. The molecule has 2 amide bonds. The topological polar surface area (TPSA) is 57.1 Å². The van der Waals surface area contributed by atoms with Crippen molar-refractivity contribution in [3.8, 4) is 0 Å². The van der Waals surface area contributed by atoms with E-state index < -0.39 is 0 Å². The average Bonchev–Trinajstić information content (AvgIpc) is 3.19. The number of likely N-dealkylation sites (N-methyl/N-ethyl adjacent to an activating group) is 2. The van der Waals surface area contributed by atoms with Crippen molar-refractivity contribution < 1.29 is 14.5 Å². The summed E-state index contributed by atoms with van der Waals surface area (Å²) < 4.78 is 0. The van der Waals surface area contributed by atoms with Gasteiger partial charge < -0.3 is 20.0 Å². The van der Waals surface area contributed by atoms with Gasteiger partial charge in [-0.3, -0.25) is 9.59 Å². The van der Waals surface area contributed by atoms with Crippen LogP contribution in [0.15, 0.2) is 41.8 Å². The monoisotopic (exact) mass is 403 g/mol. The van der Waals surface area contributed by atoms with Crippen molar-refractivity contribution >= 4 is 28.8 Å². The van der Waals surface area contributed by atoms with E-state index in [1.165, 1.54) is 0 Å². The third-order valence-corrected chi connectivity index (χ3v) is 5.53. The molecule has 0 bridgehead atoms. The predicted octanol–water partition coefficient (Wildman–Crippen LogP) is 0.994. The van der Waals surface area contributed by atoms with Gasteiger partial charge in [-0.25, -0.2) is 0 Å². The van der Waals surface area contributed by atoms with E-state index in [-0.39, 0.29) is 11.8 Å². The number of amides is 2. The van der Waals surface area contributed by atoms with Crippen LogP contribution in [0.4, 0.5) is 5.69 Å². The molecule has 1 heterocycles. The standard InChI is InChI=1S/C21H30N4O2S/c1-5-25(15-20(26)22-13-19-7-6-12-28-19)16-21(27)24(4)14-17-8-10-18(11-9-17)23(2)3/h6-12H,5,13-16H2,1-4H3,(H,22,26)/p+1. The van der Waals surface area contributed by atoms with E-state index in [2.05, 4.69) is 17.4 Å². The molecular formula is C21H31N4O2S+. The fraction of sp³-hybridized carbons (Fsp3) is 0.429. The number of nitrogens with one attached hydrogen (secondary N) is 2. The molecule has 6 nitrogen and oxygen atoms in total. The lowest BCUT2D eigenvalue weighted by Gasteiger charge is -2.22. The van der Waals surface area contributed by atoms with Crippen molar-refractivity contribution in [2.24, 2.45) is 0 Å². The normalized spacial score (nSPS) is 11.7. The van der Waals surface area contributed by atoms with Gasteiger partial charge in [-0.2, -0.15) is 0 Å². The Kier molecular flexibility index (Phi) is 8.47. The number of carbonyl (C=O) groups excluding carboxylic acids is 2. The molecule has 28 heavy (non-hydrogen) atoms. The van der Waals surface area contributed by atoms with E-state index in [0.717, 1.165) is 27.6 Å². The Morgan fingerprint density at radius 1 is 1.07 bits per heavy atom. The fourth-order valence-corrected chi connectivity index (χ4v) is 3.46. The van der Waals surface area contributed by atoms with Crippen molar-refractivity contribution in [2.75, 3.05) is 45.7 Å². The maximum absolute atomic E-state index is 12.6. The minimum Gasteiger partial charge on any atom is -0.378 e. The number of hydrogen-bond donors (Lipinski definition) is 2. The first-order chi connectivity index (χ1) is 13.4. The molecule has 2 N–H and O–H groups in total. The summed E-state index contributed by atoms with van der Waals surface area (Å²) in [6, 6.07) is 12.2. The Morgan fingerprint density at radius 2 is 1.79 bits per heavy atom. The van der Waals surface area contributed by atoms with Crippen LogP contribution >= 0.6 is 11.3 Å². The Balaban J connectivity index is 1.80. The van der Waals surface area contributed by atoms with Crippen LogP contribution in [-0.4, -0.2) is 57.5 Å². The lowest BCUT2D eigenvalue weighted by atomic mass is 10.2. The third-order valence-electron chi connectivity index (χ3n) is 4.65. The second-order valence-corrected chi connectivity index (χ2v) is 8.16. The SMILES string of the molecule is CC[NH+](CC(=O)NCc1cccs1)CC(=O)N(C)Cc1ccc(N(C)C)cc1. The molecular weight excluding hydrogens is 372 g/mol. The molecule has 0 aliphatic heterocycles. The number of rotatable bonds is 10. The number of benzene rings is 1. The molecule has 2 aromatic rings. The molecule has 0 aliphatic carbocycles. The highest BCUT2D eigenvalue weighted by atomic mass is 32.1. The molecule has 0 saturated carbocycles. The minimum atomic E-state index is -0.0278. The summed E-state index contributed by atoms with van der Waals surface area (Å²) in [6.45, 7) is 4.45. The van der Waals surface area contributed by atoms with Gasteiger partial charge in [0.15, 0.2) is 13.1 Å². The summed E-state index contributed by atoms with van der Waals surface area (Å²) in [7, 11) is 5.82. The summed E-state index contributed by atoms with van der Waals surface area (Å²) >= 11 is 1.62. The third kappa shape index (κ3) is 6.98. The molecule has 152 valence electrons. The summed E-state index contributed by atoms with van der Waals surface area (Å²) in [5, 5.41) is 4.92. The van der Waals surface area contributed by atoms with Crippen molar-refractivity contribution in [3.05, 3.63) is 52.2 Å². The van der Waals surface area contributed by atoms with Crippen LogP contribution in [0.5, 0.6) is 0 Å². The first-order valence-corrected chi connectivity index (χ1v) is 10.4. The number of carbonyl (C=O) groups is 2. The lowest BCUT2D eigenvalue weighted by Crippen LogP contribution is -3.14. The summed E-state index contributed by atoms with van der Waals surface area (Å²) in [4.78, 5) is 30.6. The van der Waals surface area contributed by atoms with Crippen LogP contribution in [0.1, 0.15) is 17.4 Å². The maximum atomic E-state index is 12.6. The van der Waals surface area contributed by atoms with Crippen LogP contribution < -0.4 is 15.1 Å². The van der Waals surface area contributed by atoms with E-state index >= 15 is 0 Å². The largest absolute Gasteiger partial charge is 0.378 e. The van der Waals surface area contributed by atoms with E-state index in [0.29, 0.717) is 26.2 Å². The Hall–Kier alpha value is -2.38. The minimum absolute atomic E-state index is 0.0278. The van der Waals surface area contributed by atoms with E-state index in [1.54, 1.807) is 16.2 Å². The van der Waals surface area contributed by atoms with Gasteiger partial charge in [0.05, 0.1) is 13.1 Å².